The molecular formula is C21H26F3N3O5S. The molecule has 1 N–H and O–H groups in total. The van der Waals surface area contributed by atoms with Crippen LogP contribution in [-0.4, -0.2) is 63.2 Å². The predicted molar refractivity (Wildman–Crippen MR) is 117 cm³/mol. The Kier molecular flexibility index (Phi) is 7.06. The number of hydrogen-bond acceptors (Lipinski definition) is 6. The van der Waals surface area contributed by atoms with Crippen molar-refractivity contribution in [1.82, 2.24) is 15.0 Å². The average Bonchev–Trinajstić information content (AvgIpc) is 3.12. The number of halogens is 3. The highest BCUT2D eigenvalue weighted by Crippen LogP contribution is 2.40. The largest absolute Gasteiger partial charge is 0.481 e. The first kappa shape index (κ1) is 25.0. The summed E-state index contributed by atoms with van der Waals surface area (Å²) < 4.78 is 45.5. The minimum absolute atomic E-state index is 0.0136. The zero-order valence-electron chi connectivity index (χ0n) is 18.5. The fourth-order valence-electron chi connectivity index (χ4n) is 4.00. The average molecular weight is 490 g/mol. The highest BCUT2D eigenvalue weighted by Gasteiger charge is 2.46. The van der Waals surface area contributed by atoms with Crippen LogP contribution in [-0.2, 0) is 27.0 Å². The first-order valence-electron chi connectivity index (χ1n) is 10.3. The number of nitrogens with zero attached hydrogens (tertiary/aromatic N) is 3. The maximum absolute atomic E-state index is 13.1. The molecule has 1 fully saturated rings. The molecule has 3 rings (SSSR count). The first-order chi connectivity index (χ1) is 15.3. The Bertz CT molecular complexity index is 1110. The van der Waals surface area contributed by atoms with Crippen LogP contribution in [0.3, 0.4) is 0 Å². The van der Waals surface area contributed by atoms with Gasteiger partial charge in [0.25, 0.3) is 5.56 Å². The summed E-state index contributed by atoms with van der Waals surface area (Å²) in [7, 11) is -0.913. The van der Waals surface area contributed by atoms with Crippen molar-refractivity contribution >= 4 is 32.9 Å². The summed E-state index contributed by atoms with van der Waals surface area (Å²) in [5.74, 6) is -3.63. The van der Waals surface area contributed by atoms with Gasteiger partial charge in [-0.2, -0.15) is 13.2 Å². The third-order valence-electron chi connectivity index (χ3n) is 5.78. The fraction of sp³-hybridized carbons (Fsp3) is 0.571. The summed E-state index contributed by atoms with van der Waals surface area (Å²) in [5, 5.41) is 16.9. The molecule has 1 saturated carbocycles. The van der Waals surface area contributed by atoms with E-state index in [0.717, 1.165) is 22.9 Å². The molecule has 12 heteroatoms. The third-order valence-corrected chi connectivity index (χ3v) is 7.17. The van der Waals surface area contributed by atoms with E-state index in [1.54, 1.807) is 0 Å². The summed E-state index contributed by atoms with van der Waals surface area (Å²) in [6.45, 7) is 0.0231. The predicted octanol–water partition coefficient (Wildman–Crippen LogP) is 2.77. The van der Waals surface area contributed by atoms with E-state index < -0.39 is 57.0 Å². The van der Waals surface area contributed by atoms with Crippen molar-refractivity contribution in [2.24, 2.45) is 17.8 Å². The molecule has 1 aliphatic rings. The van der Waals surface area contributed by atoms with Gasteiger partial charge in [0, 0.05) is 5.75 Å². The van der Waals surface area contributed by atoms with Crippen LogP contribution in [0.1, 0.15) is 18.4 Å². The Morgan fingerprint density at radius 3 is 2.55 bits per heavy atom. The number of carbonyl (C=O) groups excluding carboxylic acids is 1. The first-order valence-corrected chi connectivity index (χ1v) is 13.3. The van der Waals surface area contributed by atoms with E-state index in [4.69, 9.17) is 4.74 Å². The second kappa shape index (κ2) is 9.32. The number of alkyl halides is 3. The lowest BCUT2D eigenvalue weighted by Crippen LogP contribution is -2.36. The molecule has 0 bridgehead atoms. The number of hydrogen-bond donors (Lipinski definition) is 1. The maximum atomic E-state index is 13.1. The number of aliphatic carboxylic acids is 1. The number of rotatable bonds is 7. The molecule has 0 unspecified atom stereocenters. The van der Waals surface area contributed by atoms with Crippen LogP contribution in [0.15, 0.2) is 23.0 Å². The van der Waals surface area contributed by atoms with Gasteiger partial charge in [-0.25, -0.2) is 14.7 Å². The van der Waals surface area contributed by atoms with Gasteiger partial charge < -0.3 is 9.84 Å². The van der Waals surface area contributed by atoms with Crippen LogP contribution in [0.4, 0.5) is 13.2 Å². The molecule has 1 aromatic heterocycles. The smallest absolute Gasteiger partial charge is 0.416 e. The minimum atomic E-state index is -4.63. The van der Waals surface area contributed by atoms with E-state index in [2.05, 4.69) is 29.1 Å². The molecule has 8 nitrogen and oxygen atoms in total. The van der Waals surface area contributed by atoms with Gasteiger partial charge >= 0.3 is 18.1 Å². The maximum Gasteiger partial charge on any atom is 0.416 e. The highest BCUT2D eigenvalue weighted by molar-refractivity contribution is 8.32. The lowest BCUT2D eigenvalue weighted by molar-refractivity contribution is -0.157. The van der Waals surface area contributed by atoms with Crippen LogP contribution in [0.25, 0.3) is 10.9 Å². The number of carboxylic acids is 1. The Morgan fingerprint density at radius 2 is 1.94 bits per heavy atom. The summed E-state index contributed by atoms with van der Waals surface area (Å²) >= 11 is 0. The molecular weight excluding hydrogens is 463 g/mol. The van der Waals surface area contributed by atoms with Gasteiger partial charge in [-0.15, -0.1) is 5.10 Å². The van der Waals surface area contributed by atoms with E-state index in [-0.39, 0.29) is 30.5 Å². The van der Waals surface area contributed by atoms with E-state index >= 15 is 0 Å². The van der Waals surface area contributed by atoms with Gasteiger partial charge in [-0.05, 0) is 55.7 Å². The molecule has 33 heavy (non-hydrogen) atoms. The lowest BCUT2D eigenvalue weighted by Gasteiger charge is -2.26. The van der Waals surface area contributed by atoms with Crippen LogP contribution in [0, 0.1) is 17.8 Å². The number of carboxylic acid groups (broad SMARTS) is 1. The molecule has 0 aliphatic heterocycles. The molecule has 0 saturated heterocycles. The Morgan fingerprint density at radius 1 is 1.24 bits per heavy atom. The topological polar surface area (TPSA) is 111 Å². The molecule has 0 amide bonds. The molecule has 1 aliphatic carbocycles. The number of esters is 1. The molecule has 0 spiro atoms. The third kappa shape index (κ3) is 5.84. The van der Waals surface area contributed by atoms with Gasteiger partial charge in [0.15, 0.2) is 0 Å². The molecule has 1 heterocycles. The Labute approximate surface area is 189 Å². The van der Waals surface area contributed by atoms with Gasteiger partial charge in [-0.3, -0.25) is 14.4 Å². The normalized spacial score (nSPS) is 21.8. The van der Waals surface area contributed by atoms with E-state index in [9.17, 15) is 32.7 Å². The SMILES string of the molecule is CS(C)(C)CCOC(=O)[C@H]1[C@H](Cn2nnc3ccc(C(F)(F)F)cc3c2=O)CC[C@@H]1C(=O)O. The number of aromatic nitrogens is 3. The molecule has 2 aromatic rings. The van der Waals surface area contributed by atoms with Gasteiger partial charge in [0.05, 0.1) is 35.9 Å². The molecule has 1 aromatic carbocycles. The van der Waals surface area contributed by atoms with Crippen molar-refractivity contribution < 1.29 is 32.6 Å². The van der Waals surface area contributed by atoms with E-state index in [0.29, 0.717) is 12.2 Å². The van der Waals surface area contributed by atoms with Crippen LogP contribution < -0.4 is 5.56 Å². The van der Waals surface area contributed by atoms with Crippen LogP contribution >= 0.6 is 10.0 Å². The van der Waals surface area contributed by atoms with Gasteiger partial charge in [0.2, 0.25) is 0 Å². The quantitative estimate of drug-likeness (QED) is 0.596. The second-order valence-corrected chi connectivity index (χ2v) is 13.7. The summed E-state index contributed by atoms with van der Waals surface area (Å²) in [5.41, 5.74) is -1.76. The van der Waals surface area contributed by atoms with Crippen LogP contribution in [0.5, 0.6) is 0 Å². The monoisotopic (exact) mass is 489 g/mol. The van der Waals surface area contributed by atoms with Crippen molar-refractivity contribution in [3.05, 3.63) is 34.1 Å². The Balaban J connectivity index is 1.86. The van der Waals surface area contributed by atoms with Gasteiger partial charge in [-0.1, -0.05) is 5.21 Å². The van der Waals surface area contributed by atoms with Crippen LogP contribution in [0.2, 0.25) is 0 Å². The van der Waals surface area contributed by atoms with Crippen molar-refractivity contribution in [2.75, 3.05) is 31.1 Å². The van der Waals surface area contributed by atoms with Crippen molar-refractivity contribution in [1.29, 1.82) is 0 Å². The summed E-state index contributed by atoms with van der Waals surface area (Å²) in [6, 6.07) is 2.61. The molecule has 182 valence electrons. The lowest BCUT2D eigenvalue weighted by atomic mass is 9.89. The number of benzene rings is 1. The summed E-state index contributed by atoms with van der Waals surface area (Å²) in [4.78, 5) is 37.3. The summed E-state index contributed by atoms with van der Waals surface area (Å²) in [6.07, 6.45) is 2.11. The standard InChI is InChI=1S/C21H26F3N3O5S/c1-33(2,3)9-8-32-20(31)17-12(4-6-14(17)19(29)30)11-27-18(28)15-10-13(21(22,23)24)5-7-16(15)25-26-27/h5,7,10,12,14,17H,4,6,8-9,11H2,1-3H3,(H,29,30)/t12-,14-,17-/m0/s1. The zero-order valence-corrected chi connectivity index (χ0v) is 19.3. The van der Waals surface area contributed by atoms with E-state index in [1.165, 1.54) is 0 Å². The van der Waals surface area contributed by atoms with Crippen molar-refractivity contribution in [3.8, 4) is 0 Å². The van der Waals surface area contributed by atoms with E-state index in [1.807, 2.05) is 0 Å². The number of carbonyl (C=O) groups is 2. The molecule has 0 radical (unpaired) electrons. The highest BCUT2D eigenvalue weighted by atomic mass is 32.3. The number of fused-ring (bicyclic) bond motifs is 1. The number of ether oxygens (including phenoxy) is 1. The van der Waals surface area contributed by atoms with Crippen molar-refractivity contribution in [3.63, 3.8) is 0 Å². The minimum Gasteiger partial charge on any atom is -0.481 e. The molecule has 3 atom stereocenters. The zero-order chi connectivity index (χ0) is 24.6. The fourth-order valence-corrected chi connectivity index (χ4v) is 4.59. The Hall–Kier alpha value is -2.63. The second-order valence-electron chi connectivity index (χ2n) is 9.08. The van der Waals surface area contributed by atoms with Gasteiger partial charge in [0.1, 0.15) is 5.52 Å². The van der Waals surface area contributed by atoms with Crippen molar-refractivity contribution in [2.45, 2.75) is 25.6 Å².